The standard InChI is InChI=1S/C17H18ClN5O2/c1-4-23-6-5-13-15(17(23)25)12(9-22(13)3)21-11-7-14(18)20-8-10(11)16(24)19-2/h5-9H,4H2,1-3H3,(H,19,24)(H,20,21). The quantitative estimate of drug-likeness (QED) is 0.701. The maximum Gasteiger partial charge on any atom is 0.262 e. The molecule has 130 valence electrons. The van der Waals surface area contributed by atoms with Crippen LogP contribution in [0.15, 0.2) is 35.5 Å². The highest BCUT2D eigenvalue weighted by molar-refractivity contribution is 6.29. The first-order chi connectivity index (χ1) is 12.0. The summed E-state index contributed by atoms with van der Waals surface area (Å²) in [5.74, 6) is -0.294. The van der Waals surface area contributed by atoms with Crippen LogP contribution in [-0.4, -0.2) is 27.1 Å². The first-order valence-corrected chi connectivity index (χ1v) is 8.17. The Balaban J connectivity index is 2.18. The van der Waals surface area contributed by atoms with E-state index in [-0.39, 0.29) is 16.6 Å². The van der Waals surface area contributed by atoms with Crippen LogP contribution >= 0.6 is 11.6 Å². The zero-order valence-electron chi connectivity index (χ0n) is 14.1. The predicted molar refractivity (Wildman–Crippen MR) is 98.8 cm³/mol. The van der Waals surface area contributed by atoms with Crippen LogP contribution in [0.4, 0.5) is 11.4 Å². The van der Waals surface area contributed by atoms with Gasteiger partial charge in [-0.05, 0) is 19.1 Å². The summed E-state index contributed by atoms with van der Waals surface area (Å²) in [6.45, 7) is 2.49. The van der Waals surface area contributed by atoms with E-state index in [2.05, 4.69) is 15.6 Å². The number of hydrogen-bond acceptors (Lipinski definition) is 4. The monoisotopic (exact) mass is 359 g/mol. The number of pyridine rings is 2. The molecule has 0 saturated carbocycles. The molecule has 0 spiro atoms. The molecule has 0 bridgehead atoms. The molecule has 0 saturated heterocycles. The van der Waals surface area contributed by atoms with Gasteiger partial charge in [-0.1, -0.05) is 11.6 Å². The molecule has 3 heterocycles. The van der Waals surface area contributed by atoms with Gasteiger partial charge in [-0.3, -0.25) is 9.59 Å². The minimum absolute atomic E-state index is 0.0928. The highest BCUT2D eigenvalue weighted by Crippen LogP contribution is 2.28. The average molecular weight is 360 g/mol. The molecule has 7 nitrogen and oxygen atoms in total. The van der Waals surface area contributed by atoms with Crippen LogP contribution < -0.4 is 16.2 Å². The number of anilines is 2. The second kappa shape index (κ2) is 6.60. The van der Waals surface area contributed by atoms with Gasteiger partial charge in [-0.2, -0.15) is 0 Å². The van der Waals surface area contributed by atoms with E-state index >= 15 is 0 Å². The molecule has 3 rings (SSSR count). The van der Waals surface area contributed by atoms with Crippen LogP contribution in [0.5, 0.6) is 0 Å². The van der Waals surface area contributed by atoms with Crippen molar-refractivity contribution in [3.63, 3.8) is 0 Å². The van der Waals surface area contributed by atoms with Crippen molar-refractivity contribution < 1.29 is 4.79 Å². The van der Waals surface area contributed by atoms with Crippen LogP contribution in [0.25, 0.3) is 10.9 Å². The predicted octanol–water partition coefficient (Wildman–Crippen LogP) is 2.51. The Morgan fingerprint density at radius 2 is 2.12 bits per heavy atom. The average Bonchev–Trinajstić information content (AvgIpc) is 2.91. The molecule has 0 unspecified atom stereocenters. The Morgan fingerprint density at radius 3 is 2.80 bits per heavy atom. The number of rotatable bonds is 4. The molecular weight excluding hydrogens is 342 g/mol. The van der Waals surface area contributed by atoms with Crippen molar-refractivity contribution in [2.75, 3.05) is 12.4 Å². The van der Waals surface area contributed by atoms with Crippen LogP contribution in [0.3, 0.4) is 0 Å². The van der Waals surface area contributed by atoms with Crippen molar-refractivity contribution in [2.45, 2.75) is 13.5 Å². The maximum absolute atomic E-state index is 12.7. The molecule has 0 aliphatic heterocycles. The van der Waals surface area contributed by atoms with Gasteiger partial charge < -0.3 is 19.8 Å². The number of amides is 1. The molecule has 0 aliphatic rings. The van der Waals surface area contributed by atoms with Crippen LogP contribution in [-0.2, 0) is 13.6 Å². The van der Waals surface area contributed by atoms with Crippen molar-refractivity contribution in [1.82, 2.24) is 19.4 Å². The van der Waals surface area contributed by atoms with Crippen molar-refractivity contribution in [3.05, 3.63) is 51.8 Å². The molecule has 3 aromatic heterocycles. The molecule has 2 N–H and O–H groups in total. The lowest BCUT2D eigenvalue weighted by Crippen LogP contribution is -2.20. The summed E-state index contributed by atoms with van der Waals surface area (Å²) in [7, 11) is 3.40. The van der Waals surface area contributed by atoms with Gasteiger partial charge in [0.1, 0.15) is 5.15 Å². The number of fused-ring (bicyclic) bond motifs is 1. The zero-order valence-corrected chi connectivity index (χ0v) is 14.9. The van der Waals surface area contributed by atoms with Crippen LogP contribution in [0.2, 0.25) is 5.15 Å². The van der Waals surface area contributed by atoms with Gasteiger partial charge >= 0.3 is 0 Å². The minimum atomic E-state index is -0.294. The van der Waals surface area contributed by atoms with Gasteiger partial charge in [0.25, 0.3) is 11.5 Å². The Hall–Kier alpha value is -2.80. The summed E-state index contributed by atoms with van der Waals surface area (Å²) in [6, 6.07) is 3.46. The molecule has 0 aliphatic carbocycles. The second-order valence-electron chi connectivity index (χ2n) is 5.58. The number of hydrogen-bond donors (Lipinski definition) is 2. The molecule has 0 aromatic carbocycles. The second-order valence-corrected chi connectivity index (χ2v) is 5.96. The number of nitrogens with zero attached hydrogens (tertiary/aromatic N) is 3. The largest absolute Gasteiger partial charge is 0.355 e. The minimum Gasteiger partial charge on any atom is -0.355 e. The lowest BCUT2D eigenvalue weighted by atomic mass is 10.2. The fraction of sp³-hybridized carbons (Fsp3) is 0.235. The number of aryl methyl sites for hydroxylation is 2. The Bertz CT molecular complexity index is 1020. The number of nitrogens with one attached hydrogen (secondary N) is 2. The summed E-state index contributed by atoms with van der Waals surface area (Å²) in [5.41, 5.74) is 2.15. The van der Waals surface area contributed by atoms with Gasteiger partial charge in [0.05, 0.1) is 27.8 Å². The summed E-state index contributed by atoms with van der Waals surface area (Å²) in [5, 5.41) is 6.54. The summed E-state index contributed by atoms with van der Waals surface area (Å²) in [6.07, 6.45) is 4.99. The number of aromatic nitrogens is 3. The van der Waals surface area contributed by atoms with Gasteiger partial charge in [-0.15, -0.1) is 0 Å². The first-order valence-electron chi connectivity index (χ1n) is 7.79. The van der Waals surface area contributed by atoms with Crippen LogP contribution in [0.1, 0.15) is 17.3 Å². The van der Waals surface area contributed by atoms with E-state index in [4.69, 9.17) is 11.6 Å². The summed E-state index contributed by atoms with van der Waals surface area (Å²) in [4.78, 5) is 28.7. The van der Waals surface area contributed by atoms with Crippen molar-refractivity contribution in [2.24, 2.45) is 7.05 Å². The molecule has 0 atom stereocenters. The fourth-order valence-corrected chi connectivity index (χ4v) is 2.94. The molecule has 8 heteroatoms. The number of carbonyl (C=O) groups is 1. The van der Waals surface area contributed by atoms with E-state index in [9.17, 15) is 9.59 Å². The molecule has 3 aromatic rings. The van der Waals surface area contributed by atoms with Gasteiger partial charge in [-0.25, -0.2) is 4.98 Å². The summed E-state index contributed by atoms with van der Waals surface area (Å²) < 4.78 is 3.49. The van der Waals surface area contributed by atoms with E-state index < -0.39 is 0 Å². The third kappa shape index (κ3) is 2.98. The molecule has 25 heavy (non-hydrogen) atoms. The first kappa shape index (κ1) is 17.0. The lowest BCUT2D eigenvalue weighted by Gasteiger charge is -2.11. The molecule has 1 amide bonds. The molecule has 0 radical (unpaired) electrons. The van der Waals surface area contributed by atoms with Crippen molar-refractivity contribution >= 4 is 39.8 Å². The zero-order chi connectivity index (χ0) is 18.1. The Labute approximate surface area is 149 Å². The maximum atomic E-state index is 12.7. The summed E-state index contributed by atoms with van der Waals surface area (Å²) >= 11 is 5.98. The molecular formula is C17H18ClN5O2. The Morgan fingerprint density at radius 1 is 1.36 bits per heavy atom. The number of halogens is 1. The van der Waals surface area contributed by atoms with E-state index in [1.165, 1.54) is 6.20 Å². The smallest absolute Gasteiger partial charge is 0.262 e. The van der Waals surface area contributed by atoms with E-state index in [1.54, 1.807) is 23.9 Å². The van der Waals surface area contributed by atoms with Crippen molar-refractivity contribution in [1.29, 1.82) is 0 Å². The lowest BCUT2D eigenvalue weighted by molar-refractivity contribution is 0.0963. The van der Waals surface area contributed by atoms with E-state index in [0.29, 0.717) is 28.9 Å². The van der Waals surface area contributed by atoms with E-state index in [0.717, 1.165) is 5.52 Å². The normalized spacial score (nSPS) is 10.9. The third-order valence-electron chi connectivity index (χ3n) is 4.07. The SMILES string of the molecule is CCn1ccc2c(c(Nc3cc(Cl)ncc3C(=O)NC)cn2C)c1=O. The third-order valence-corrected chi connectivity index (χ3v) is 4.27. The fourth-order valence-electron chi connectivity index (χ4n) is 2.78. The van der Waals surface area contributed by atoms with Gasteiger partial charge in [0.2, 0.25) is 0 Å². The molecule has 0 fully saturated rings. The highest BCUT2D eigenvalue weighted by Gasteiger charge is 2.16. The van der Waals surface area contributed by atoms with Crippen LogP contribution in [0, 0.1) is 0 Å². The van der Waals surface area contributed by atoms with Gasteiger partial charge in [0, 0.05) is 39.2 Å². The number of carbonyl (C=O) groups excluding carboxylic acids is 1. The van der Waals surface area contributed by atoms with Gasteiger partial charge in [0.15, 0.2) is 0 Å². The Kier molecular flexibility index (Phi) is 4.50. The highest BCUT2D eigenvalue weighted by atomic mass is 35.5. The van der Waals surface area contributed by atoms with Crippen molar-refractivity contribution in [3.8, 4) is 0 Å². The topological polar surface area (TPSA) is 81.0 Å². The van der Waals surface area contributed by atoms with E-state index in [1.807, 2.05) is 30.8 Å².